The number of rotatable bonds is 5. The average molecular weight is 408 g/mol. The van der Waals surface area contributed by atoms with Crippen molar-refractivity contribution in [2.24, 2.45) is 0 Å². The molecule has 0 fully saturated rings. The van der Waals surface area contributed by atoms with E-state index < -0.39 is 0 Å². The molecule has 0 unspecified atom stereocenters. The second kappa shape index (κ2) is 8.00. The number of hydrogen-bond acceptors (Lipinski definition) is 4. The summed E-state index contributed by atoms with van der Waals surface area (Å²) in [6.07, 6.45) is 1.35. The number of aryl methyl sites for hydroxylation is 1. The Labute approximate surface area is 179 Å². The lowest BCUT2D eigenvalue weighted by atomic mass is 10.1. The summed E-state index contributed by atoms with van der Waals surface area (Å²) in [5.74, 6) is 1.38. The molecule has 0 spiro atoms. The second-order valence-electron chi connectivity index (χ2n) is 7.41. The maximum Gasteiger partial charge on any atom is 0.235 e. The highest BCUT2D eigenvalue weighted by molar-refractivity contribution is 5.84. The average Bonchev–Trinajstić information content (AvgIpc) is 2.80. The van der Waals surface area contributed by atoms with Crippen LogP contribution in [0.2, 0.25) is 0 Å². The normalized spacial score (nSPS) is 11.0. The van der Waals surface area contributed by atoms with E-state index in [0.717, 1.165) is 16.3 Å². The van der Waals surface area contributed by atoms with E-state index >= 15 is 0 Å². The van der Waals surface area contributed by atoms with Gasteiger partial charge in [-0.05, 0) is 53.1 Å². The molecule has 0 radical (unpaired) electrons. The van der Waals surface area contributed by atoms with E-state index in [1.807, 2.05) is 60.7 Å². The first-order valence-corrected chi connectivity index (χ1v) is 10.1. The lowest BCUT2D eigenvalue weighted by Crippen LogP contribution is -2.05. The molecule has 0 saturated carbocycles. The topological polar surface area (TPSA) is 48.7 Å². The number of fused-ring (bicyclic) bond motifs is 2. The summed E-state index contributed by atoms with van der Waals surface area (Å²) in [6, 6.07) is 27.0. The van der Waals surface area contributed by atoms with Crippen LogP contribution in [0.25, 0.3) is 21.7 Å². The maximum atomic E-state index is 12.9. The van der Waals surface area contributed by atoms with Crippen LogP contribution in [-0.4, -0.2) is 0 Å². The van der Waals surface area contributed by atoms with Crippen molar-refractivity contribution in [3.8, 4) is 17.2 Å². The van der Waals surface area contributed by atoms with Crippen molar-refractivity contribution >= 4 is 21.7 Å². The summed E-state index contributed by atoms with van der Waals surface area (Å²) in [7, 11) is 0. The van der Waals surface area contributed by atoms with Crippen LogP contribution in [0.4, 0.5) is 0 Å². The minimum atomic E-state index is -0.222. The van der Waals surface area contributed by atoms with Crippen molar-refractivity contribution in [1.29, 1.82) is 0 Å². The predicted octanol–water partition coefficient (Wildman–Crippen LogP) is 6.63. The van der Waals surface area contributed by atoms with Gasteiger partial charge in [-0.2, -0.15) is 0 Å². The van der Waals surface area contributed by atoms with Crippen molar-refractivity contribution in [1.82, 2.24) is 0 Å². The quantitative estimate of drug-likeness (QED) is 0.328. The Kier molecular flexibility index (Phi) is 4.89. The molecule has 0 N–H and O–H groups in total. The second-order valence-corrected chi connectivity index (χ2v) is 7.41. The van der Waals surface area contributed by atoms with Gasteiger partial charge in [0, 0.05) is 6.07 Å². The Morgan fingerprint density at radius 3 is 2.45 bits per heavy atom. The third kappa shape index (κ3) is 3.88. The van der Waals surface area contributed by atoms with E-state index in [4.69, 9.17) is 13.9 Å². The summed E-state index contributed by atoms with van der Waals surface area (Å²) in [5, 5.41) is 2.60. The van der Waals surface area contributed by atoms with E-state index in [1.165, 1.54) is 11.8 Å². The standard InChI is InChI=1S/C27H20O4/c1-18-6-2-3-9-21(18)16-29-22-12-13-24-25(15-22)30-17-26(27(24)28)31-23-11-10-19-7-4-5-8-20(19)14-23/h2-15,17H,16H2,1H3. The lowest BCUT2D eigenvalue weighted by Gasteiger charge is -2.10. The molecule has 152 valence electrons. The molecule has 4 nitrogen and oxygen atoms in total. The van der Waals surface area contributed by atoms with Gasteiger partial charge in [-0.3, -0.25) is 4.79 Å². The van der Waals surface area contributed by atoms with Crippen molar-refractivity contribution < 1.29 is 13.9 Å². The molecule has 0 aliphatic heterocycles. The zero-order valence-electron chi connectivity index (χ0n) is 17.0. The van der Waals surface area contributed by atoms with Gasteiger partial charge in [0.25, 0.3) is 0 Å². The van der Waals surface area contributed by atoms with Gasteiger partial charge < -0.3 is 13.9 Å². The van der Waals surface area contributed by atoms with E-state index in [0.29, 0.717) is 29.1 Å². The van der Waals surface area contributed by atoms with E-state index in [2.05, 4.69) is 13.0 Å². The van der Waals surface area contributed by atoms with Gasteiger partial charge in [-0.15, -0.1) is 0 Å². The summed E-state index contributed by atoms with van der Waals surface area (Å²) in [4.78, 5) is 12.9. The van der Waals surface area contributed by atoms with E-state index in [9.17, 15) is 4.79 Å². The Morgan fingerprint density at radius 1 is 0.806 bits per heavy atom. The molecular formula is C27H20O4. The summed E-state index contributed by atoms with van der Waals surface area (Å²) >= 11 is 0. The Bertz CT molecular complexity index is 1450. The van der Waals surface area contributed by atoms with Crippen LogP contribution in [0.3, 0.4) is 0 Å². The molecular weight excluding hydrogens is 388 g/mol. The highest BCUT2D eigenvalue weighted by atomic mass is 16.5. The molecule has 0 saturated heterocycles. The lowest BCUT2D eigenvalue weighted by molar-refractivity contribution is 0.305. The van der Waals surface area contributed by atoms with Gasteiger partial charge in [0.1, 0.15) is 30.0 Å². The Hall–Kier alpha value is -4.05. The first-order chi connectivity index (χ1) is 15.2. The molecule has 1 heterocycles. The molecule has 0 amide bonds. The van der Waals surface area contributed by atoms with Crippen molar-refractivity contribution in [2.75, 3.05) is 0 Å². The zero-order valence-corrected chi connectivity index (χ0v) is 17.0. The fourth-order valence-corrected chi connectivity index (χ4v) is 3.54. The third-order valence-electron chi connectivity index (χ3n) is 5.32. The molecule has 4 heteroatoms. The molecule has 1 aromatic heterocycles. The van der Waals surface area contributed by atoms with E-state index in [-0.39, 0.29) is 11.2 Å². The van der Waals surface area contributed by atoms with Crippen LogP contribution >= 0.6 is 0 Å². The fourth-order valence-electron chi connectivity index (χ4n) is 3.54. The van der Waals surface area contributed by atoms with Crippen LogP contribution in [0.1, 0.15) is 11.1 Å². The van der Waals surface area contributed by atoms with Crippen molar-refractivity contribution in [3.05, 3.63) is 113 Å². The predicted molar refractivity (Wildman–Crippen MR) is 122 cm³/mol. The van der Waals surface area contributed by atoms with Gasteiger partial charge in [0.15, 0.2) is 0 Å². The molecule has 4 aromatic carbocycles. The molecule has 5 aromatic rings. The van der Waals surface area contributed by atoms with Gasteiger partial charge in [-0.1, -0.05) is 54.6 Å². The first kappa shape index (κ1) is 18.9. The SMILES string of the molecule is Cc1ccccc1COc1ccc2c(=O)c(Oc3ccc4ccccc4c3)coc2c1. The molecule has 0 atom stereocenters. The van der Waals surface area contributed by atoms with Crippen molar-refractivity contribution in [2.45, 2.75) is 13.5 Å². The molecule has 5 rings (SSSR count). The largest absolute Gasteiger partial charge is 0.489 e. The molecule has 0 bridgehead atoms. The minimum Gasteiger partial charge on any atom is -0.489 e. The van der Waals surface area contributed by atoms with Crippen LogP contribution in [0, 0.1) is 6.92 Å². The monoisotopic (exact) mass is 408 g/mol. The minimum absolute atomic E-state index is 0.149. The Balaban J connectivity index is 1.39. The van der Waals surface area contributed by atoms with Crippen LogP contribution in [-0.2, 0) is 6.61 Å². The third-order valence-corrected chi connectivity index (χ3v) is 5.32. The number of benzene rings is 4. The van der Waals surface area contributed by atoms with Crippen LogP contribution < -0.4 is 14.9 Å². The maximum absolute atomic E-state index is 12.9. The van der Waals surface area contributed by atoms with Gasteiger partial charge in [-0.25, -0.2) is 0 Å². The molecule has 31 heavy (non-hydrogen) atoms. The fraction of sp³-hybridized carbons (Fsp3) is 0.0741. The highest BCUT2D eigenvalue weighted by Crippen LogP contribution is 2.27. The van der Waals surface area contributed by atoms with E-state index in [1.54, 1.807) is 18.2 Å². The van der Waals surface area contributed by atoms with Crippen LogP contribution in [0.15, 0.2) is 100 Å². The number of hydrogen-bond donors (Lipinski definition) is 0. The van der Waals surface area contributed by atoms with Crippen LogP contribution in [0.5, 0.6) is 17.2 Å². The number of ether oxygens (including phenoxy) is 2. The van der Waals surface area contributed by atoms with Gasteiger partial charge in [0.05, 0.1) is 5.39 Å². The summed E-state index contributed by atoms with van der Waals surface area (Å²) < 4.78 is 17.4. The summed E-state index contributed by atoms with van der Waals surface area (Å²) in [5.41, 5.74) is 2.52. The highest BCUT2D eigenvalue weighted by Gasteiger charge is 2.11. The Morgan fingerprint density at radius 2 is 1.58 bits per heavy atom. The van der Waals surface area contributed by atoms with Gasteiger partial charge >= 0.3 is 0 Å². The molecule has 0 aliphatic carbocycles. The van der Waals surface area contributed by atoms with Gasteiger partial charge in [0.2, 0.25) is 11.2 Å². The molecule has 0 aliphatic rings. The summed E-state index contributed by atoms with van der Waals surface area (Å²) in [6.45, 7) is 2.50. The van der Waals surface area contributed by atoms with Crippen molar-refractivity contribution in [3.63, 3.8) is 0 Å². The zero-order chi connectivity index (χ0) is 21.2. The first-order valence-electron chi connectivity index (χ1n) is 10.1. The smallest absolute Gasteiger partial charge is 0.235 e.